The molecule has 0 unspecified atom stereocenters. The van der Waals surface area contributed by atoms with Gasteiger partial charge in [0.25, 0.3) is 0 Å². The van der Waals surface area contributed by atoms with E-state index >= 15 is 0 Å². The summed E-state index contributed by atoms with van der Waals surface area (Å²) in [6.45, 7) is 0.582. The number of nitrogens with one attached hydrogen (secondary N) is 1. The molecule has 0 atom stereocenters. The summed E-state index contributed by atoms with van der Waals surface area (Å²) in [7, 11) is 1.57. The number of nitrogens with zero attached hydrogens (tertiary/aromatic N) is 4. The molecule has 0 saturated heterocycles. The molecule has 0 aliphatic rings. The van der Waals surface area contributed by atoms with Crippen molar-refractivity contribution in [2.75, 3.05) is 7.11 Å². The van der Waals surface area contributed by atoms with Crippen LogP contribution in [0.3, 0.4) is 0 Å². The van der Waals surface area contributed by atoms with Crippen LogP contribution in [-0.4, -0.2) is 26.8 Å². The van der Waals surface area contributed by atoms with E-state index in [0.29, 0.717) is 17.7 Å². The van der Waals surface area contributed by atoms with Crippen LogP contribution in [0.5, 0.6) is 0 Å². The molecule has 2 heterocycles. The van der Waals surface area contributed by atoms with Crippen LogP contribution in [0.4, 0.5) is 0 Å². The van der Waals surface area contributed by atoms with Gasteiger partial charge in [-0.3, -0.25) is 4.99 Å². The number of aromatic nitrogens is 4. The molecule has 3 aromatic rings. The smallest absolute Gasteiger partial charge is 0.199 e. The van der Waals surface area contributed by atoms with E-state index in [1.54, 1.807) is 19.8 Å². The Kier molecular flexibility index (Phi) is 2.97. The average molecular weight is 255 g/mol. The molecule has 6 nitrogen and oxygen atoms in total. The van der Waals surface area contributed by atoms with Gasteiger partial charge in [0.15, 0.2) is 11.1 Å². The van der Waals surface area contributed by atoms with Crippen LogP contribution < -0.4 is 10.3 Å². The van der Waals surface area contributed by atoms with Gasteiger partial charge in [-0.2, -0.15) is 4.73 Å². The monoisotopic (exact) mass is 255 g/mol. The van der Waals surface area contributed by atoms with E-state index < -0.39 is 0 Å². The summed E-state index contributed by atoms with van der Waals surface area (Å²) in [4.78, 5) is 21.1. The van der Waals surface area contributed by atoms with Crippen LogP contribution >= 0.6 is 0 Å². The standard InChI is InChI=1S/C13H13N5O/c1-19-18-9-17-12(11-13(18)16-8-15-11)14-7-10-5-3-2-4-6-10/h2-6,8-9H,7H2,1H3,(H,15,16). The number of imidazole rings is 1. The van der Waals surface area contributed by atoms with E-state index in [9.17, 15) is 0 Å². The van der Waals surface area contributed by atoms with Crippen LogP contribution in [0.15, 0.2) is 48.0 Å². The van der Waals surface area contributed by atoms with Gasteiger partial charge in [0, 0.05) is 0 Å². The number of hydrogen-bond acceptors (Lipinski definition) is 4. The highest BCUT2D eigenvalue weighted by atomic mass is 16.6. The van der Waals surface area contributed by atoms with Gasteiger partial charge in [0.2, 0.25) is 0 Å². The molecule has 0 bridgehead atoms. The minimum atomic E-state index is 0.582. The summed E-state index contributed by atoms with van der Waals surface area (Å²) < 4.78 is 1.49. The fourth-order valence-electron chi connectivity index (χ4n) is 1.85. The van der Waals surface area contributed by atoms with E-state index in [-0.39, 0.29) is 0 Å². The summed E-state index contributed by atoms with van der Waals surface area (Å²) in [5.74, 6) is 0. The highest BCUT2D eigenvalue weighted by Crippen LogP contribution is 2.02. The molecule has 6 heteroatoms. The molecule has 1 aromatic carbocycles. The molecule has 0 spiro atoms. The van der Waals surface area contributed by atoms with Gasteiger partial charge in [0.05, 0.1) is 12.9 Å². The van der Waals surface area contributed by atoms with Crippen LogP contribution in [-0.2, 0) is 6.54 Å². The van der Waals surface area contributed by atoms with Crippen molar-refractivity contribution in [2.45, 2.75) is 6.54 Å². The second kappa shape index (κ2) is 4.93. The zero-order valence-corrected chi connectivity index (χ0v) is 10.4. The molecule has 96 valence electrons. The fourth-order valence-corrected chi connectivity index (χ4v) is 1.85. The van der Waals surface area contributed by atoms with Crippen molar-refractivity contribution in [3.05, 3.63) is 54.0 Å². The third kappa shape index (κ3) is 2.20. The van der Waals surface area contributed by atoms with Crippen LogP contribution in [0.25, 0.3) is 11.2 Å². The molecule has 3 rings (SSSR count). The van der Waals surface area contributed by atoms with Gasteiger partial charge < -0.3 is 9.82 Å². The highest BCUT2D eigenvalue weighted by Gasteiger charge is 2.04. The summed E-state index contributed by atoms with van der Waals surface area (Å²) in [6, 6.07) is 10.0. The van der Waals surface area contributed by atoms with Crippen molar-refractivity contribution < 1.29 is 4.84 Å². The van der Waals surface area contributed by atoms with Crippen molar-refractivity contribution in [1.29, 1.82) is 0 Å². The van der Waals surface area contributed by atoms with Gasteiger partial charge in [-0.05, 0) is 5.56 Å². The minimum Gasteiger partial charge on any atom is -0.414 e. The van der Waals surface area contributed by atoms with Crippen molar-refractivity contribution >= 4 is 11.2 Å². The summed E-state index contributed by atoms with van der Waals surface area (Å²) in [5.41, 5.74) is 3.20. The Hall–Kier alpha value is -2.63. The van der Waals surface area contributed by atoms with E-state index in [1.165, 1.54) is 4.73 Å². The second-order valence-corrected chi connectivity index (χ2v) is 3.98. The zero-order chi connectivity index (χ0) is 13.1. The SMILES string of the molecule is COn1cnc(=NCc2ccccc2)c2[nH]cnc21. The van der Waals surface area contributed by atoms with Gasteiger partial charge in [-0.25, -0.2) is 9.97 Å². The Balaban J connectivity index is 2.04. The summed E-state index contributed by atoms with van der Waals surface area (Å²) in [6.07, 6.45) is 3.16. The first-order chi connectivity index (χ1) is 9.38. The highest BCUT2D eigenvalue weighted by molar-refractivity contribution is 5.67. The lowest BCUT2D eigenvalue weighted by molar-refractivity contribution is 0.172. The predicted molar refractivity (Wildman–Crippen MR) is 70.1 cm³/mol. The molecule has 0 fully saturated rings. The Labute approximate surface area is 109 Å². The Morgan fingerprint density at radius 2 is 2.11 bits per heavy atom. The average Bonchev–Trinajstić information content (AvgIpc) is 2.95. The molecular weight excluding hydrogens is 242 g/mol. The second-order valence-electron chi connectivity index (χ2n) is 3.98. The Morgan fingerprint density at radius 3 is 2.89 bits per heavy atom. The number of H-pyrrole nitrogens is 1. The molecule has 0 saturated carbocycles. The zero-order valence-electron chi connectivity index (χ0n) is 10.4. The van der Waals surface area contributed by atoms with Crippen molar-refractivity contribution in [1.82, 2.24) is 19.7 Å². The fraction of sp³-hybridized carbons (Fsp3) is 0.154. The number of rotatable bonds is 3. The Bertz CT molecular complexity index is 744. The Morgan fingerprint density at radius 1 is 1.26 bits per heavy atom. The van der Waals surface area contributed by atoms with E-state index in [2.05, 4.69) is 19.9 Å². The first-order valence-corrected chi connectivity index (χ1v) is 5.88. The van der Waals surface area contributed by atoms with E-state index in [0.717, 1.165) is 11.1 Å². The first-order valence-electron chi connectivity index (χ1n) is 5.88. The van der Waals surface area contributed by atoms with Crippen LogP contribution in [0.1, 0.15) is 5.56 Å². The minimum absolute atomic E-state index is 0.582. The van der Waals surface area contributed by atoms with Gasteiger partial charge in [-0.15, -0.1) is 0 Å². The molecule has 19 heavy (non-hydrogen) atoms. The number of hydrogen-bond donors (Lipinski definition) is 1. The van der Waals surface area contributed by atoms with E-state index in [4.69, 9.17) is 4.84 Å². The maximum Gasteiger partial charge on any atom is 0.199 e. The molecule has 0 aliphatic heterocycles. The summed E-state index contributed by atoms with van der Waals surface area (Å²) in [5, 5.41) is 0. The van der Waals surface area contributed by atoms with Crippen LogP contribution in [0.2, 0.25) is 0 Å². The molecular formula is C13H13N5O. The number of fused-ring (bicyclic) bond motifs is 1. The van der Waals surface area contributed by atoms with E-state index in [1.807, 2.05) is 30.3 Å². The van der Waals surface area contributed by atoms with Gasteiger partial charge in [0.1, 0.15) is 19.0 Å². The molecule has 0 aliphatic carbocycles. The lowest BCUT2D eigenvalue weighted by Gasteiger charge is -2.03. The number of aromatic amines is 1. The maximum absolute atomic E-state index is 5.13. The van der Waals surface area contributed by atoms with Gasteiger partial charge in [-0.1, -0.05) is 30.3 Å². The predicted octanol–water partition coefficient (Wildman–Crippen LogP) is 0.919. The quantitative estimate of drug-likeness (QED) is 0.756. The van der Waals surface area contributed by atoms with Crippen molar-refractivity contribution in [3.8, 4) is 0 Å². The third-order valence-electron chi connectivity index (χ3n) is 2.79. The molecule has 2 aromatic heterocycles. The summed E-state index contributed by atoms with van der Waals surface area (Å²) >= 11 is 0. The topological polar surface area (TPSA) is 68.1 Å². The lowest BCUT2D eigenvalue weighted by Crippen LogP contribution is -2.17. The van der Waals surface area contributed by atoms with Gasteiger partial charge >= 0.3 is 0 Å². The third-order valence-corrected chi connectivity index (χ3v) is 2.79. The van der Waals surface area contributed by atoms with Crippen LogP contribution in [0, 0.1) is 0 Å². The lowest BCUT2D eigenvalue weighted by atomic mass is 10.2. The molecule has 0 amide bonds. The van der Waals surface area contributed by atoms with Crippen molar-refractivity contribution in [2.24, 2.45) is 4.99 Å². The molecule has 1 N–H and O–H groups in total. The normalized spacial score (nSPS) is 11.9. The largest absolute Gasteiger partial charge is 0.414 e. The maximum atomic E-state index is 5.13. The van der Waals surface area contributed by atoms with Crippen molar-refractivity contribution in [3.63, 3.8) is 0 Å². The molecule has 0 radical (unpaired) electrons. The number of benzene rings is 1. The first kappa shape index (κ1) is 11.5.